The van der Waals surface area contributed by atoms with Gasteiger partial charge in [0.25, 0.3) is 0 Å². The van der Waals surface area contributed by atoms with Crippen LogP contribution in [0.3, 0.4) is 0 Å². The van der Waals surface area contributed by atoms with Crippen LogP contribution in [0.15, 0.2) is 18.2 Å². The van der Waals surface area contributed by atoms with Crippen LogP contribution in [0.2, 0.25) is 0 Å². The van der Waals surface area contributed by atoms with Gasteiger partial charge in [0.05, 0.1) is 10.2 Å². The molecule has 0 unspecified atom stereocenters. The summed E-state index contributed by atoms with van der Waals surface area (Å²) in [5, 5.41) is 4.17. The summed E-state index contributed by atoms with van der Waals surface area (Å²) in [6.45, 7) is 3.59. The number of carbonyl (C=O) groups is 2. The lowest BCUT2D eigenvalue weighted by molar-refractivity contribution is -0.135. The molecule has 3 fully saturated rings. The maximum atomic E-state index is 12.7. The van der Waals surface area contributed by atoms with Gasteiger partial charge in [-0.3, -0.25) is 9.59 Å². The first-order valence-corrected chi connectivity index (χ1v) is 11.2. The third kappa shape index (κ3) is 3.60. The van der Waals surface area contributed by atoms with Crippen LogP contribution in [0, 0.1) is 11.8 Å². The van der Waals surface area contributed by atoms with E-state index in [-0.39, 0.29) is 17.7 Å². The van der Waals surface area contributed by atoms with Gasteiger partial charge in [0.1, 0.15) is 0 Å². The summed E-state index contributed by atoms with van der Waals surface area (Å²) >= 11 is 1.70. The van der Waals surface area contributed by atoms with Gasteiger partial charge in [-0.1, -0.05) is 11.3 Å². The summed E-state index contributed by atoms with van der Waals surface area (Å²) in [5.41, 5.74) is 1.84. The Balaban J connectivity index is 1.21. The molecule has 7 heteroatoms. The van der Waals surface area contributed by atoms with Crippen LogP contribution in [-0.4, -0.2) is 47.9 Å². The van der Waals surface area contributed by atoms with Gasteiger partial charge in [-0.2, -0.15) is 0 Å². The number of thiazole rings is 1. The summed E-state index contributed by atoms with van der Waals surface area (Å²) in [4.78, 5) is 33.9. The smallest absolute Gasteiger partial charge is 0.227 e. The van der Waals surface area contributed by atoms with Crippen molar-refractivity contribution in [3.8, 4) is 0 Å². The largest absolute Gasteiger partial charge is 0.348 e. The lowest BCUT2D eigenvalue weighted by Crippen LogP contribution is -2.42. The standard InChI is InChI=1S/C21H26N4O2S/c26-19(14-7-11-24(12-8-14)20(27)15-3-4-15)22-16-5-6-17-18(13-16)28-21(23-17)25-9-1-2-10-25/h5-6,13-15H,1-4,7-12H2,(H,22,26). The maximum Gasteiger partial charge on any atom is 0.227 e. The Morgan fingerprint density at radius 2 is 1.75 bits per heavy atom. The van der Waals surface area contributed by atoms with Gasteiger partial charge in [-0.15, -0.1) is 0 Å². The molecular weight excluding hydrogens is 372 g/mol. The number of rotatable bonds is 4. The van der Waals surface area contributed by atoms with Crippen molar-refractivity contribution in [3.05, 3.63) is 18.2 Å². The Morgan fingerprint density at radius 1 is 1.00 bits per heavy atom. The molecule has 0 spiro atoms. The third-order valence-corrected chi connectivity index (χ3v) is 7.20. The van der Waals surface area contributed by atoms with E-state index in [1.165, 1.54) is 12.8 Å². The maximum absolute atomic E-state index is 12.7. The highest BCUT2D eigenvalue weighted by Gasteiger charge is 2.36. The van der Waals surface area contributed by atoms with E-state index in [9.17, 15) is 9.59 Å². The first-order chi connectivity index (χ1) is 13.7. The fourth-order valence-electron chi connectivity index (χ4n) is 4.23. The van der Waals surface area contributed by atoms with Crippen molar-refractivity contribution in [2.24, 2.45) is 11.8 Å². The molecule has 0 atom stereocenters. The van der Waals surface area contributed by atoms with Gasteiger partial charge in [0.15, 0.2) is 5.13 Å². The molecule has 1 N–H and O–H groups in total. The number of carbonyl (C=O) groups excluding carboxylic acids is 2. The lowest BCUT2D eigenvalue weighted by atomic mass is 9.95. The quantitative estimate of drug-likeness (QED) is 0.856. The number of amides is 2. The zero-order chi connectivity index (χ0) is 19.1. The van der Waals surface area contributed by atoms with Crippen molar-refractivity contribution in [2.45, 2.75) is 38.5 Å². The van der Waals surface area contributed by atoms with E-state index < -0.39 is 0 Å². The fraction of sp³-hybridized carbons (Fsp3) is 0.571. The number of anilines is 2. The number of piperidine rings is 1. The first kappa shape index (κ1) is 17.9. The Kier molecular flexibility index (Phi) is 4.70. The van der Waals surface area contributed by atoms with Crippen LogP contribution in [0.5, 0.6) is 0 Å². The van der Waals surface area contributed by atoms with Gasteiger partial charge in [-0.25, -0.2) is 4.98 Å². The average Bonchev–Trinajstić information content (AvgIpc) is 3.25. The zero-order valence-corrected chi connectivity index (χ0v) is 16.8. The van der Waals surface area contributed by atoms with E-state index in [0.29, 0.717) is 19.0 Å². The van der Waals surface area contributed by atoms with Gasteiger partial charge in [0, 0.05) is 43.7 Å². The molecule has 5 rings (SSSR count). The summed E-state index contributed by atoms with van der Waals surface area (Å²) in [6.07, 6.45) is 6.07. The number of hydrogen-bond acceptors (Lipinski definition) is 5. The van der Waals surface area contributed by atoms with E-state index in [0.717, 1.165) is 59.8 Å². The highest BCUT2D eigenvalue weighted by atomic mass is 32.1. The molecule has 6 nitrogen and oxygen atoms in total. The number of nitrogens with zero attached hydrogens (tertiary/aromatic N) is 3. The van der Waals surface area contributed by atoms with Gasteiger partial charge in [0.2, 0.25) is 11.8 Å². The Labute approximate surface area is 168 Å². The number of hydrogen-bond donors (Lipinski definition) is 1. The van der Waals surface area contributed by atoms with E-state index in [4.69, 9.17) is 4.98 Å². The molecule has 28 heavy (non-hydrogen) atoms. The van der Waals surface area contributed by atoms with Crippen molar-refractivity contribution < 1.29 is 9.59 Å². The molecule has 1 aromatic carbocycles. The van der Waals surface area contributed by atoms with Crippen LogP contribution in [0.1, 0.15) is 38.5 Å². The van der Waals surface area contributed by atoms with Crippen molar-refractivity contribution >= 4 is 44.2 Å². The van der Waals surface area contributed by atoms with Crippen molar-refractivity contribution in [2.75, 3.05) is 36.4 Å². The van der Waals surface area contributed by atoms with E-state index >= 15 is 0 Å². The molecule has 1 aromatic heterocycles. The van der Waals surface area contributed by atoms with Gasteiger partial charge >= 0.3 is 0 Å². The topological polar surface area (TPSA) is 65.5 Å². The van der Waals surface area contributed by atoms with Crippen LogP contribution < -0.4 is 10.2 Å². The van der Waals surface area contributed by atoms with E-state index in [2.05, 4.69) is 10.2 Å². The summed E-state index contributed by atoms with van der Waals surface area (Å²) in [5.74, 6) is 0.619. The van der Waals surface area contributed by atoms with Crippen molar-refractivity contribution in [3.63, 3.8) is 0 Å². The molecule has 2 aromatic rings. The molecule has 0 bridgehead atoms. The fourth-order valence-corrected chi connectivity index (χ4v) is 5.29. The van der Waals surface area contributed by atoms with Crippen LogP contribution in [0.25, 0.3) is 10.2 Å². The second kappa shape index (κ2) is 7.35. The number of likely N-dealkylation sites (tertiary alicyclic amines) is 1. The highest BCUT2D eigenvalue weighted by Crippen LogP contribution is 2.34. The molecule has 2 saturated heterocycles. The Morgan fingerprint density at radius 3 is 2.46 bits per heavy atom. The summed E-state index contributed by atoms with van der Waals surface area (Å²) < 4.78 is 1.12. The molecule has 3 heterocycles. The summed E-state index contributed by atoms with van der Waals surface area (Å²) in [6, 6.07) is 5.98. The number of fused-ring (bicyclic) bond motifs is 1. The zero-order valence-electron chi connectivity index (χ0n) is 16.0. The Hall–Kier alpha value is -2.15. The molecule has 3 aliphatic rings. The molecule has 1 saturated carbocycles. The third-order valence-electron chi connectivity index (χ3n) is 6.13. The lowest BCUT2D eigenvalue weighted by Gasteiger charge is -2.31. The van der Waals surface area contributed by atoms with Crippen LogP contribution in [0.4, 0.5) is 10.8 Å². The van der Waals surface area contributed by atoms with Crippen LogP contribution in [-0.2, 0) is 9.59 Å². The SMILES string of the molecule is O=C(Nc1ccc2nc(N3CCCC3)sc2c1)C1CCN(C(=O)C2CC2)CC1. The molecule has 1 aliphatic carbocycles. The van der Waals surface area contributed by atoms with Crippen LogP contribution >= 0.6 is 11.3 Å². The second-order valence-electron chi connectivity index (χ2n) is 8.24. The monoisotopic (exact) mass is 398 g/mol. The minimum absolute atomic E-state index is 0.0134. The first-order valence-electron chi connectivity index (χ1n) is 10.4. The number of nitrogens with one attached hydrogen (secondary N) is 1. The van der Waals surface area contributed by atoms with Crippen molar-refractivity contribution in [1.29, 1.82) is 0 Å². The number of aromatic nitrogens is 1. The molecule has 2 amide bonds. The molecule has 148 valence electrons. The average molecular weight is 399 g/mol. The Bertz CT molecular complexity index is 893. The molecular formula is C21H26N4O2S. The predicted octanol–water partition coefficient (Wildman–Crippen LogP) is 3.48. The molecule has 0 radical (unpaired) electrons. The van der Waals surface area contributed by atoms with E-state index in [1.54, 1.807) is 11.3 Å². The predicted molar refractivity (Wildman–Crippen MR) is 112 cm³/mol. The minimum Gasteiger partial charge on any atom is -0.348 e. The van der Waals surface area contributed by atoms with Crippen molar-refractivity contribution in [1.82, 2.24) is 9.88 Å². The van der Waals surface area contributed by atoms with Gasteiger partial charge < -0.3 is 15.1 Å². The van der Waals surface area contributed by atoms with Gasteiger partial charge in [-0.05, 0) is 56.7 Å². The second-order valence-corrected chi connectivity index (χ2v) is 9.25. The minimum atomic E-state index is -0.0134. The highest BCUT2D eigenvalue weighted by molar-refractivity contribution is 7.22. The normalized spacial score (nSPS) is 20.7. The van der Waals surface area contributed by atoms with E-state index in [1.807, 2.05) is 23.1 Å². The number of benzene rings is 1. The molecule has 2 aliphatic heterocycles. The summed E-state index contributed by atoms with van der Waals surface area (Å²) in [7, 11) is 0.